The number of rotatable bonds is 9. The van der Waals surface area contributed by atoms with Gasteiger partial charge in [-0.15, -0.1) is 0 Å². The number of hydrogen-bond acceptors (Lipinski definition) is 4. The summed E-state index contributed by atoms with van der Waals surface area (Å²) in [4.78, 5) is 11.0. The predicted octanol–water partition coefficient (Wildman–Crippen LogP) is 5.05. The van der Waals surface area contributed by atoms with E-state index in [-0.39, 0.29) is 0 Å². The van der Waals surface area contributed by atoms with E-state index >= 15 is 0 Å². The summed E-state index contributed by atoms with van der Waals surface area (Å²) in [6.45, 7) is 0.652. The molecule has 0 aliphatic carbocycles. The molecule has 1 aromatic heterocycles. The topological polar surface area (TPSA) is 48.7 Å². The molecule has 0 spiro atoms. The normalized spacial score (nSPS) is 10.8. The number of aldehydes is 1. The highest BCUT2D eigenvalue weighted by atomic mass is 16.5. The fraction of sp³-hybridized carbons (Fsp3) is 0.286. The van der Waals surface area contributed by atoms with E-state index in [1.54, 1.807) is 19.4 Å². The molecule has 0 bridgehead atoms. The van der Waals surface area contributed by atoms with Crippen LogP contribution in [0.4, 0.5) is 0 Å². The van der Waals surface area contributed by atoms with Gasteiger partial charge in [-0.25, -0.2) is 0 Å². The van der Waals surface area contributed by atoms with E-state index in [2.05, 4.69) is 12.1 Å². The Bertz CT molecular complexity index is 835. The summed E-state index contributed by atoms with van der Waals surface area (Å²) in [7, 11) is 1.69. The summed E-state index contributed by atoms with van der Waals surface area (Å²) in [5.74, 6) is 1.67. The molecule has 4 nitrogen and oxygen atoms in total. The van der Waals surface area contributed by atoms with Gasteiger partial charge in [0.1, 0.15) is 17.1 Å². The van der Waals surface area contributed by atoms with Gasteiger partial charge in [0.2, 0.25) is 0 Å². The Hall–Kier alpha value is -2.75. The van der Waals surface area contributed by atoms with Gasteiger partial charge < -0.3 is 13.9 Å². The standard InChI is InChI=1S/C21H22O4/c1-23-18-8-5-7-16(14-18)6-3-2-4-12-24-20-10-9-17(15-22)21-19(20)11-13-25-21/h5,7-11,13-15H,2-4,6,12H2,1H3. The molecule has 25 heavy (non-hydrogen) atoms. The molecular formula is C21H22O4. The van der Waals surface area contributed by atoms with E-state index in [1.165, 1.54) is 5.56 Å². The highest BCUT2D eigenvalue weighted by molar-refractivity contribution is 5.97. The van der Waals surface area contributed by atoms with Crippen LogP contribution < -0.4 is 9.47 Å². The van der Waals surface area contributed by atoms with Crippen molar-refractivity contribution in [1.82, 2.24) is 0 Å². The van der Waals surface area contributed by atoms with E-state index in [0.717, 1.165) is 48.9 Å². The molecule has 0 N–H and O–H groups in total. The zero-order chi connectivity index (χ0) is 17.5. The third-order valence-electron chi connectivity index (χ3n) is 4.24. The third-order valence-corrected chi connectivity index (χ3v) is 4.24. The van der Waals surface area contributed by atoms with Crippen LogP contribution in [-0.4, -0.2) is 20.0 Å². The van der Waals surface area contributed by atoms with Crippen LogP contribution in [0.5, 0.6) is 11.5 Å². The lowest BCUT2D eigenvalue weighted by molar-refractivity contribution is 0.112. The lowest BCUT2D eigenvalue weighted by Crippen LogP contribution is -1.98. The first-order chi connectivity index (χ1) is 12.3. The second-order valence-electron chi connectivity index (χ2n) is 5.94. The number of ether oxygens (including phenoxy) is 2. The molecule has 0 fully saturated rings. The second-order valence-corrected chi connectivity index (χ2v) is 5.94. The average molecular weight is 338 g/mol. The summed E-state index contributed by atoms with van der Waals surface area (Å²) < 4.78 is 16.5. The first kappa shape index (κ1) is 17.1. The molecule has 2 aromatic carbocycles. The van der Waals surface area contributed by atoms with Crippen molar-refractivity contribution in [3.05, 3.63) is 59.9 Å². The Morgan fingerprint density at radius 1 is 1.08 bits per heavy atom. The van der Waals surface area contributed by atoms with Gasteiger partial charge in [-0.3, -0.25) is 4.79 Å². The maximum absolute atomic E-state index is 11.0. The highest BCUT2D eigenvalue weighted by Crippen LogP contribution is 2.29. The average Bonchev–Trinajstić information content (AvgIpc) is 3.15. The first-order valence-corrected chi connectivity index (χ1v) is 8.53. The Morgan fingerprint density at radius 3 is 2.84 bits per heavy atom. The van der Waals surface area contributed by atoms with E-state index in [0.29, 0.717) is 17.8 Å². The van der Waals surface area contributed by atoms with Crippen molar-refractivity contribution < 1.29 is 18.7 Å². The largest absolute Gasteiger partial charge is 0.497 e. The van der Waals surface area contributed by atoms with Gasteiger partial charge in [-0.05, 0) is 61.6 Å². The van der Waals surface area contributed by atoms with Crippen LogP contribution >= 0.6 is 0 Å². The van der Waals surface area contributed by atoms with Crippen molar-refractivity contribution in [1.29, 1.82) is 0 Å². The lowest BCUT2D eigenvalue weighted by atomic mass is 10.1. The number of unbranched alkanes of at least 4 members (excludes halogenated alkanes) is 2. The van der Waals surface area contributed by atoms with Crippen LogP contribution in [0.1, 0.15) is 35.2 Å². The SMILES string of the molecule is COc1cccc(CCCCCOc2ccc(C=O)c3occc23)c1. The minimum atomic E-state index is 0.547. The molecule has 3 aromatic rings. The Labute approximate surface area is 147 Å². The van der Waals surface area contributed by atoms with Crippen molar-refractivity contribution >= 4 is 17.3 Å². The number of carbonyl (C=O) groups is 1. The van der Waals surface area contributed by atoms with Gasteiger partial charge in [0.15, 0.2) is 6.29 Å². The van der Waals surface area contributed by atoms with Crippen LogP contribution in [0.15, 0.2) is 53.1 Å². The van der Waals surface area contributed by atoms with E-state index in [4.69, 9.17) is 13.9 Å². The van der Waals surface area contributed by atoms with Crippen LogP contribution in [0.2, 0.25) is 0 Å². The first-order valence-electron chi connectivity index (χ1n) is 8.53. The van der Waals surface area contributed by atoms with Crippen LogP contribution in [0.3, 0.4) is 0 Å². The maximum Gasteiger partial charge on any atom is 0.153 e. The fourth-order valence-corrected chi connectivity index (χ4v) is 2.89. The molecule has 0 saturated heterocycles. The summed E-state index contributed by atoms with van der Waals surface area (Å²) >= 11 is 0. The number of fused-ring (bicyclic) bond motifs is 1. The number of furan rings is 1. The summed E-state index contributed by atoms with van der Waals surface area (Å²) in [6.07, 6.45) is 6.61. The van der Waals surface area contributed by atoms with Gasteiger partial charge in [-0.1, -0.05) is 12.1 Å². The zero-order valence-corrected chi connectivity index (χ0v) is 14.4. The van der Waals surface area contributed by atoms with Crippen LogP contribution in [0.25, 0.3) is 11.0 Å². The molecule has 0 aliphatic heterocycles. The molecule has 0 aliphatic rings. The molecule has 1 heterocycles. The second kappa shape index (κ2) is 8.38. The van der Waals surface area contributed by atoms with E-state index in [9.17, 15) is 4.79 Å². The zero-order valence-electron chi connectivity index (χ0n) is 14.4. The van der Waals surface area contributed by atoms with Crippen molar-refractivity contribution in [2.24, 2.45) is 0 Å². The van der Waals surface area contributed by atoms with Crippen molar-refractivity contribution in [2.75, 3.05) is 13.7 Å². The number of hydrogen-bond donors (Lipinski definition) is 0. The monoisotopic (exact) mass is 338 g/mol. The maximum atomic E-state index is 11.0. The Kier molecular flexibility index (Phi) is 5.73. The molecule has 3 rings (SSSR count). The molecule has 0 unspecified atom stereocenters. The summed E-state index contributed by atoms with van der Waals surface area (Å²) in [5.41, 5.74) is 2.43. The highest BCUT2D eigenvalue weighted by Gasteiger charge is 2.09. The minimum absolute atomic E-state index is 0.547. The molecular weight excluding hydrogens is 316 g/mol. The predicted molar refractivity (Wildman–Crippen MR) is 97.6 cm³/mol. The number of aryl methyl sites for hydroxylation is 1. The van der Waals surface area contributed by atoms with Crippen molar-refractivity contribution in [3.63, 3.8) is 0 Å². The third kappa shape index (κ3) is 4.21. The summed E-state index contributed by atoms with van der Waals surface area (Å²) in [6, 6.07) is 13.6. The van der Waals surface area contributed by atoms with Crippen LogP contribution in [-0.2, 0) is 6.42 Å². The molecule has 130 valence electrons. The number of benzene rings is 2. The molecule has 0 amide bonds. The Morgan fingerprint density at radius 2 is 2.00 bits per heavy atom. The molecule has 0 atom stereocenters. The van der Waals surface area contributed by atoms with E-state index < -0.39 is 0 Å². The van der Waals surface area contributed by atoms with Crippen LogP contribution in [0, 0.1) is 0 Å². The van der Waals surface area contributed by atoms with Crippen molar-refractivity contribution in [3.8, 4) is 11.5 Å². The molecule has 4 heteroatoms. The van der Waals surface area contributed by atoms with Gasteiger partial charge >= 0.3 is 0 Å². The quantitative estimate of drug-likeness (QED) is 0.405. The molecule has 0 saturated carbocycles. The number of carbonyl (C=O) groups excluding carboxylic acids is 1. The molecule has 0 radical (unpaired) electrons. The minimum Gasteiger partial charge on any atom is -0.497 e. The van der Waals surface area contributed by atoms with Gasteiger partial charge in [0, 0.05) is 0 Å². The smallest absolute Gasteiger partial charge is 0.153 e. The van der Waals surface area contributed by atoms with Gasteiger partial charge in [0.25, 0.3) is 0 Å². The van der Waals surface area contributed by atoms with Crippen molar-refractivity contribution in [2.45, 2.75) is 25.7 Å². The fourth-order valence-electron chi connectivity index (χ4n) is 2.89. The summed E-state index contributed by atoms with van der Waals surface area (Å²) in [5, 5.41) is 0.848. The Balaban J connectivity index is 1.44. The van der Waals surface area contributed by atoms with Gasteiger partial charge in [-0.2, -0.15) is 0 Å². The van der Waals surface area contributed by atoms with Gasteiger partial charge in [0.05, 0.1) is 30.9 Å². The lowest BCUT2D eigenvalue weighted by Gasteiger charge is -2.08. The number of methoxy groups -OCH3 is 1. The van der Waals surface area contributed by atoms with E-state index in [1.807, 2.05) is 24.3 Å².